The van der Waals surface area contributed by atoms with Crippen LogP contribution in [0.25, 0.3) is 0 Å². The van der Waals surface area contributed by atoms with E-state index in [2.05, 4.69) is 11.8 Å². The SMILES string of the molecule is C=C(C)CCOCN1C=CN(C)/C1=C/N=O. The van der Waals surface area contributed by atoms with Gasteiger partial charge in [-0.05, 0) is 18.5 Å². The summed E-state index contributed by atoms with van der Waals surface area (Å²) in [4.78, 5) is 13.8. The maximum atomic E-state index is 10.2. The highest BCUT2D eigenvalue weighted by atomic mass is 16.5. The molecular formula is C11H17N3O2. The molecule has 5 heteroatoms. The van der Waals surface area contributed by atoms with Gasteiger partial charge in [-0.2, -0.15) is 0 Å². The molecular weight excluding hydrogens is 206 g/mol. The molecule has 0 aliphatic carbocycles. The highest BCUT2D eigenvalue weighted by Crippen LogP contribution is 2.17. The van der Waals surface area contributed by atoms with Crippen LogP contribution in [0.1, 0.15) is 13.3 Å². The monoisotopic (exact) mass is 223 g/mol. The molecule has 0 amide bonds. The zero-order chi connectivity index (χ0) is 12.0. The van der Waals surface area contributed by atoms with E-state index in [0.717, 1.165) is 12.0 Å². The molecule has 16 heavy (non-hydrogen) atoms. The Kier molecular flexibility index (Phi) is 4.72. The van der Waals surface area contributed by atoms with Gasteiger partial charge in [-0.3, -0.25) is 0 Å². The van der Waals surface area contributed by atoms with Crippen molar-refractivity contribution in [1.29, 1.82) is 0 Å². The number of rotatable bonds is 6. The quantitative estimate of drug-likeness (QED) is 0.393. The van der Waals surface area contributed by atoms with Crippen LogP contribution >= 0.6 is 0 Å². The lowest BCUT2D eigenvalue weighted by Crippen LogP contribution is -2.23. The Hall–Kier alpha value is -1.62. The van der Waals surface area contributed by atoms with Crippen molar-refractivity contribution in [3.63, 3.8) is 0 Å². The van der Waals surface area contributed by atoms with Crippen LogP contribution in [0.2, 0.25) is 0 Å². The molecule has 0 N–H and O–H groups in total. The summed E-state index contributed by atoms with van der Waals surface area (Å²) in [6.45, 7) is 6.81. The normalized spacial score (nSPS) is 17.2. The summed E-state index contributed by atoms with van der Waals surface area (Å²) in [5.74, 6) is 0.713. The topological polar surface area (TPSA) is 45.1 Å². The maximum Gasteiger partial charge on any atom is 0.136 e. The molecule has 0 unspecified atom stereocenters. The second-order valence-electron chi connectivity index (χ2n) is 3.72. The van der Waals surface area contributed by atoms with Gasteiger partial charge in [0.15, 0.2) is 0 Å². The van der Waals surface area contributed by atoms with Crippen molar-refractivity contribution in [3.05, 3.63) is 41.5 Å². The van der Waals surface area contributed by atoms with Crippen molar-refractivity contribution in [2.24, 2.45) is 5.18 Å². The number of nitroso groups, excluding NO2 is 1. The van der Waals surface area contributed by atoms with Gasteiger partial charge < -0.3 is 14.5 Å². The summed E-state index contributed by atoms with van der Waals surface area (Å²) in [6.07, 6.45) is 5.80. The minimum atomic E-state index is 0.412. The van der Waals surface area contributed by atoms with Gasteiger partial charge in [0.2, 0.25) is 0 Å². The third-order valence-corrected chi connectivity index (χ3v) is 2.20. The summed E-state index contributed by atoms with van der Waals surface area (Å²) in [5.41, 5.74) is 1.10. The van der Waals surface area contributed by atoms with Gasteiger partial charge in [-0.1, -0.05) is 5.57 Å². The lowest BCUT2D eigenvalue weighted by molar-refractivity contribution is 0.0675. The molecule has 0 saturated heterocycles. The predicted molar refractivity (Wildman–Crippen MR) is 62.9 cm³/mol. The van der Waals surface area contributed by atoms with Crippen LogP contribution in [0.4, 0.5) is 0 Å². The molecule has 0 atom stereocenters. The number of nitrogens with zero attached hydrogens (tertiary/aromatic N) is 3. The molecule has 5 nitrogen and oxygen atoms in total. The van der Waals surface area contributed by atoms with Crippen LogP contribution in [0, 0.1) is 4.91 Å². The molecule has 0 aromatic carbocycles. The van der Waals surface area contributed by atoms with Crippen LogP contribution in [0.5, 0.6) is 0 Å². The van der Waals surface area contributed by atoms with Crippen LogP contribution in [0.3, 0.4) is 0 Å². The average molecular weight is 223 g/mol. The zero-order valence-electron chi connectivity index (χ0n) is 9.72. The molecule has 1 aliphatic rings. The lowest BCUT2D eigenvalue weighted by Gasteiger charge is -2.20. The van der Waals surface area contributed by atoms with Crippen LogP contribution in [-0.2, 0) is 4.74 Å². The van der Waals surface area contributed by atoms with Crippen molar-refractivity contribution in [2.75, 3.05) is 20.4 Å². The summed E-state index contributed by atoms with van der Waals surface area (Å²) in [5, 5.41) is 2.77. The first-order valence-corrected chi connectivity index (χ1v) is 5.07. The van der Waals surface area contributed by atoms with Gasteiger partial charge in [0.1, 0.15) is 18.8 Å². The lowest BCUT2D eigenvalue weighted by atomic mass is 10.3. The molecule has 1 heterocycles. The van der Waals surface area contributed by atoms with Crippen molar-refractivity contribution in [3.8, 4) is 0 Å². The predicted octanol–water partition coefficient (Wildman–Crippen LogP) is 2.21. The van der Waals surface area contributed by atoms with Gasteiger partial charge in [-0.15, -0.1) is 11.5 Å². The highest BCUT2D eigenvalue weighted by molar-refractivity contribution is 5.12. The summed E-state index contributed by atoms with van der Waals surface area (Å²) in [7, 11) is 1.85. The molecule has 0 aromatic heterocycles. The van der Waals surface area contributed by atoms with E-state index < -0.39 is 0 Å². The third kappa shape index (κ3) is 3.51. The molecule has 88 valence electrons. The second-order valence-corrected chi connectivity index (χ2v) is 3.72. The van der Waals surface area contributed by atoms with E-state index >= 15 is 0 Å². The minimum absolute atomic E-state index is 0.412. The third-order valence-electron chi connectivity index (χ3n) is 2.20. The minimum Gasteiger partial charge on any atom is -0.360 e. The maximum absolute atomic E-state index is 10.2. The standard InChI is InChI=1S/C11H17N3O2/c1-10(2)4-7-16-9-14-6-5-13(3)11(14)8-12-15/h5-6,8H,1,4,7,9H2,2-3H3/b11-8-. The Morgan fingerprint density at radius 2 is 2.38 bits per heavy atom. The Balaban J connectivity index is 2.36. The van der Waals surface area contributed by atoms with E-state index in [4.69, 9.17) is 4.74 Å². The number of hydrogen-bond donors (Lipinski definition) is 0. The van der Waals surface area contributed by atoms with Crippen molar-refractivity contribution in [1.82, 2.24) is 9.80 Å². The molecule has 0 spiro atoms. The van der Waals surface area contributed by atoms with Gasteiger partial charge in [-0.25, -0.2) is 0 Å². The first-order chi connectivity index (χ1) is 7.65. The van der Waals surface area contributed by atoms with Gasteiger partial charge in [0.25, 0.3) is 0 Å². The molecule has 0 fully saturated rings. The van der Waals surface area contributed by atoms with Crippen LogP contribution < -0.4 is 0 Å². The fraction of sp³-hybridized carbons (Fsp3) is 0.455. The summed E-state index contributed by atoms with van der Waals surface area (Å²) < 4.78 is 5.46. The molecule has 1 rings (SSSR count). The largest absolute Gasteiger partial charge is 0.360 e. The van der Waals surface area contributed by atoms with E-state index in [1.165, 1.54) is 6.20 Å². The smallest absolute Gasteiger partial charge is 0.136 e. The van der Waals surface area contributed by atoms with E-state index in [0.29, 0.717) is 19.2 Å². The van der Waals surface area contributed by atoms with Crippen molar-refractivity contribution in [2.45, 2.75) is 13.3 Å². The van der Waals surface area contributed by atoms with E-state index in [1.807, 2.05) is 36.2 Å². The van der Waals surface area contributed by atoms with Crippen LogP contribution in [-0.4, -0.2) is 30.2 Å². The number of ether oxygens (including phenoxy) is 1. The van der Waals surface area contributed by atoms with Gasteiger partial charge >= 0.3 is 0 Å². The van der Waals surface area contributed by atoms with Crippen molar-refractivity contribution >= 4 is 0 Å². The second kappa shape index (κ2) is 6.07. The summed E-state index contributed by atoms with van der Waals surface area (Å²) >= 11 is 0. The Morgan fingerprint density at radius 1 is 1.62 bits per heavy atom. The van der Waals surface area contributed by atoms with E-state index in [9.17, 15) is 4.91 Å². The first kappa shape index (κ1) is 12.4. The fourth-order valence-corrected chi connectivity index (χ4v) is 1.27. The van der Waals surface area contributed by atoms with E-state index in [-0.39, 0.29) is 0 Å². The molecule has 0 saturated carbocycles. The highest BCUT2D eigenvalue weighted by Gasteiger charge is 2.16. The molecule has 0 bridgehead atoms. The molecule has 0 radical (unpaired) electrons. The molecule has 1 aliphatic heterocycles. The summed E-state index contributed by atoms with van der Waals surface area (Å²) in [6, 6.07) is 0. The van der Waals surface area contributed by atoms with Crippen molar-refractivity contribution < 1.29 is 4.74 Å². The van der Waals surface area contributed by atoms with Gasteiger partial charge in [0.05, 0.1) is 6.61 Å². The Bertz CT molecular complexity index is 323. The average Bonchev–Trinajstić information content (AvgIpc) is 2.56. The fourth-order valence-electron chi connectivity index (χ4n) is 1.27. The van der Waals surface area contributed by atoms with Gasteiger partial charge in [0, 0.05) is 19.4 Å². The first-order valence-electron chi connectivity index (χ1n) is 5.07. The number of hydrogen-bond acceptors (Lipinski definition) is 5. The molecule has 0 aromatic rings. The van der Waals surface area contributed by atoms with Crippen LogP contribution in [0.15, 0.2) is 41.7 Å². The Morgan fingerprint density at radius 3 is 3.00 bits per heavy atom. The Labute approximate surface area is 95.6 Å². The van der Waals surface area contributed by atoms with E-state index in [1.54, 1.807) is 0 Å². The zero-order valence-corrected chi connectivity index (χ0v) is 9.72.